The molecule has 0 aromatic rings. The Morgan fingerprint density at radius 2 is 1.68 bits per heavy atom. The number of nitrogens with zero attached hydrogens (tertiary/aromatic N) is 1. The highest BCUT2D eigenvalue weighted by Crippen LogP contribution is 2.32. The summed E-state index contributed by atoms with van der Waals surface area (Å²) in [5, 5.41) is 3.66. The van der Waals surface area contributed by atoms with Crippen molar-refractivity contribution in [3.8, 4) is 0 Å². The van der Waals surface area contributed by atoms with Gasteiger partial charge in [-0.2, -0.15) is 0 Å². The predicted octanol–water partition coefficient (Wildman–Crippen LogP) is 1.99. The fourth-order valence-electron chi connectivity index (χ4n) is 3.58. The van der Waals surface area contributed by atoms with E-state index < -0.39 is 0 Å². The molecule has 4 heteroatoms. The summed E-state index contributed by atoms with van der Waals surface area (Å²) < 4.78 is 11.2. The number of rotatable bonds is 7. The van der Waals surface area contributed by atoms with Crippen LogP contribution in [0.3, 0.4) is 0 Å². The molecule has 1 N–H and O–H groups in total. The van der Waals surface area contributed by atoms with E-state index in [2.05, 4.69) is 17.3 Å². The summed E-state index contributed by atoms with van der Waals surface area (Å²) in [5.74, 6) is 0. The van der Waals surface area contributed by atoms with Gasteiger partial charge in [-0.25, -0.2) is 0 Å². The minimum atomic E-state index is -0.0884. The molecule has 2 aliphatic rings. The number of piperidine rings is 2. The molecule has 0 saturated carbocycles. The molecule has 4 nitrogen and oxygen atoms in total. The van der Waals surface area contributed by atoms with E-state index in [1.165, 1.54) is 32.1 Å². The molecule has 2 unspecified atom stereocenters. The second-order valence-electron chi connectivity index (χ2n) is 5.82. The number of nitrogens with one attached hydrogen (secondary N) is 1. The molecule has 2 rings (SSSR count). The van der Waals surface area contributed by atoms with Gasteiger partial charge in [0.25, 0.3) is 0 Å². The van der Waals surface area contributed by atoms with Crippen LogP contribution in [0.25, 0.3) is 0 Å². The van der Waals surface area contributed by atoms with Crippen molar-refractivity contribution in [3.63, 3.8) is 0 Å². The summed E-state index contributed by atoms with van der Waals surface area (Å²) in [4.78, 5) is 2.60. The zero-order valence-electron chi connectivity index (χ0n) is 12.7. The van der Waals surface area contributed by atoms with Crippen molar-refractivity contribution in [2.24, 2.45) is 0 Å². The third kappa shape index (κ3) is 4.15. The number of fused-ring (bicyclic) bond motifs is 2. The third-order valence-electron chi connectivity index (χ3n) is 4.62. The molecule has 0 aromatic carbocycles. The third-order valence-corrected chi connectivity index (χ3v) is 4.62. The molecule has 0 radical (unpaired) electrons. The van der Waals surface area contributed by atoms with E-state index in [4.69, 9.17) is 9.47 Å². The Morgan fingerprint density at radius 3 is 2.21 bits per heavy atom. The molecule has 0 aromatic heterocycles. The average Bonchev–Trinajstić information content (AvgIpc) is 2.37. The van der Waals surface area contributed by atoms with Gasteiger partial charge in [-0.05, 0) is 46.6 Å². The van der Waals surface area contributed by atoms with Crippen LogP contribution in [0.2, 0.25) is 0 Å². The molecule has 2 bridgehead atoms. The van der Waals surface area contributed by atoms with Crippen molar-refractivity contribution >= 4 is 0 Å². The summed E-state index contributed by atoms with van der Waals surface area (Å²) in [5.41, 5.74) is 0. The van der Waals surface area contributed by atoms with Crippen LogP contribution in [0.1, 0.15) is 46.0 Å². The molecular formula is C15H30N2O2. The molecule has 19 heavy (non-hydrogen) atoms. The van der Waals surface area contributed by atoms with Crippen LogP contribution in [-0.2, 0) is 9.47 Å². The number of hydrogen-bond acceptors (Lipinski definition) is 4. The first-order chi connectivity index (χ1) is 9.24. The summed E-state index contributed by atoms with van der Waals surface area (Å²) in [6.45, 7) is 6.28. The average molecular weight is 270 g/mol. The van der Waals surface area contributed by atoms with Gasteiger partial charge < -0.3 is 19.7 Å². The van der Waals surface area contributed by atoms with Gasteiger partial charge in [0, 0.05) is 37.9 Å². The first kappa shape index (κ1) is 15.2. The van der Waals surface area contributed by atoms with Crippen LogP contribution in [0, 0.1) is 0 Å². The zero-order chi connectivity index (χ0) is 13.7. The maximum Gasteiger partial charge on any atom is 0.169 e. The minimum absolute atomic E-state index is 0.0884. The van der Waals surface area contributed by atoms with Crippen molar-refractivity contribution in [1.29, 1.82) is 0 Å². The van der Waals surface area contributed by atoms with E-state index in [0.29, 0.717) is 19.3 Å². The van der Waals surface area contributed by atoms with Crippen molar-refractivity contribution in [2.45, 2.75) is 70.4 Å². The maximum atomic E-state index is 5.59. The molecule has 112 valence electrons. The molecule has 2 saturated heterocycles. The van der Waals surface area contributed by atoms with Crippen molar-refractivity contribution in [1.82, 2.24) is 10.2 Å². The topological polar surface area (TPSA) is 33.7 Å². The normalized spacial score (nSPS) is 31.9. The monoisotopic (exact) mass is 270 g/mol. The molecule has 2 fully saturated rings. The molecule has 2 aliphatic heterocycles. The van der Waals surface area contributed by atoms with Crippen LogP contribution in [0.15, 0.2) is 0 Å². The van der Waals surface area contributed by atoms with Crippen LogP contribution in [0.4, 0.5) is 0 Å². The van der Waals surface area contributed by atoms with E-state index in [1.807, 2.05) is 13.8 Å². The summed E-state index contributed by atoms with van der Waals surface area (Å²) in [6.07, 6.45) is 6.61. The summed E-state index contributed by atoms with van der Waals surface area (Å²) in [7, 11) is 2.30. The summed E-state index contributed by atoms with van der Waals surface area (Å²) >= 11 is 0. The van der Waals surface area contributed by atoms with Crippen molar-refractivity contribution in [2.75, 3.05) is 26.8 Å². The van der Waals surface area contributed by atoms with Crippen LogP contribution < -0.4 is 5.32 Å². The standard InChI is InChI=1S/C15H30N2O2/c1-4-18-15(19-5-2)11-16-12-9-13-7-6-8-14(10-12)17(13)3/h12-16H,4-11H2,1-3H3. The Hall–Kier alpha value is -0.160. The highest BCUT2D eigenvalue weighted by atomic mass is 16.7. The van der Waals surface area contributed by atoms with Crippen LogP contribution >= 0.6 is 0 Å². The second kappa shape index (κ2) is 7.58. The fraction of sp³-hybridized carbons (Fsp3) is 1.00. The highest BCUT2D eigenvalue weighted by molar-refractivity contribution is 4.93. The van der Waals surface area contributed by atoms with E-state index >= 15 is 0 Å². The van der Waals surface area contributed by atoms with Gasteiger partial charge in [0.2, 0.25) is 0 Å². The Labute approximate surface area is 117 Å². The van der Waals surface area contributed by atoms with Gasteiger partial charge in [-0.15, -0.1) is 0 Å². The Balaban J connectivity index is 1.76. The van der Waals surface area contributed by atoms with E-state index in [0.717, 1.165) is 18.6 Å². The first-order valence-corrected chi connectivity index (χ1v) is 7.93. The SMILES string of the molecule is CCOC(CNC1CC2CCCC(C1)N2C)OCC. The number of hydrogen-bond donors (Lipinski definition) is 1. The lowest BCUT2D eigenvalue weighted by molar-refractivity contribution is -0.134. The second-order valence-corrected chi connectivity index (χ2v) is 5.82. The zero-order valence-corrected chi connectivity index (χ0v) is 12.7. The molecular weight excluding hydrogens is 240 g/mol. The predicted molar refractivity (Wildman–Crippen MR) is 77.3 cm³/mol. The van der Waals surface area contributed by atoms with Gasteiger partial charge >= 0.3 is 0 Å². The fourth-order valence-corrected chi connectivity index (χ4v) is 3.58. The lowest BCUT2D eigenvalue weighted by Gasteiger charge is -2.47. The maximum absolute atomic E-state index is 5.59. The molecule has 0 amide bonds. The number of ether oxygens (including phenoxy) is 2. The largest absolute Gasteiger partial charge is 0.352 e. The lowest BCUT2D eigenvalue weighted by atomic mass is 9.82. The van der Waals surface area contributed by atoms with Gasteiger partial charge in [0.15, 0.2) is 6.29 Å². The molecule has 0 spiro atoms. The molecule has 0 aliphatic carbocycles. The lowest BCUT2D eigenvalue weighted by Crippen LogP contribution is -2.55. The van der Waals surface area contributed by atoms with Gasteiger partial charge in [-0.3, -0.25) is 0 Å². The first-order valence-electron chi connectivity index (χ1n) is 7.93. The summed E-state index contributed by atoms with van der Waals surface area (Å²) in [6, 6.07) is 2.19. The Bertz CT molecular complexity index is 243. The minimum Gasteiger partial charge on any atom is -0.352 e. The van der Waals surface area contributed by atoms with Crippen LogP contribution in [-0.4, -0.2) is 56.1 Å². The highest BCUT2D eigenvalue weighted by Gasteiger charge is 2.35. The Morgan fingerprint density at radius 1 is 1.11 bits per heavy atom. The van der Waals surface area contributed by atoms with E-state index in [9.17, 15) is 0 Å². The van der Waals surface area contributed by atoms with Crippen molar-refractivity contribution < 1.29 is 9.47 Å². The van der Waals surface area contributed by atoms with Gasteiger partial charge in [-0.1, -0.05) is 6.42 Å². The van der Waals surface area contributed by atoms with Gasteiger partial charge in [0.1, 0.15) is 0 Å². The molecule has 2 heterocycles. The van der Waals surface area contributed by atoms with Crippen LogP contribution in [0.5, 0.6) is 0 Å². The Kier molecular flexibility index (Phi) is 6.07. The van der Waals surface area contributed by atoms with E-state index in [-0.39, 0.29) is 6.29 Å². The van der Waals surface area contributed by atoms with Crippen molar-refractivity contribution in [3.05, 3.63) is 0 Å². The van der Waals surface area contributed by atoms with E-state index in [1.54, 1.807) is 0 Å². The smallest absolute Gasteiger partial charge is 0.169 e. The quantitative estimate of drug-likeness (QED) is 0.717. The molecule has 2 atom stereocenters. The van der Waals surface area contributed by atoms with Gasteiger partial charge in [0.05, 0.1) is 0 Å².